The molecule has 6 heteroatoms. The summed E-state index contributed by atoms with van der Waals surface area (Å²) in [5, 5.41) is 23.8. The minimum atomic E-state index is -0.809. The van der Waals surface area contributed by atoms with Crippen molar-refractivity contribution in [1.82, 2.24) is 5.32 Å². The maximum atomic E-state index is 13.2. The summed E-state index contributed by atoms with van der Waals surface area (Å²) in [6.07, 6.45) is 69.0. The Morgan fingerprint density at radius 1 is 0.462 bits per heavy atom. The van der Waals surface area contributed by atoms with Gasteiger partial charge in [0.1, 0.15) is 6.10 Å². The van der Waals surface area contributed by atoms with Crippen LogP contribution >= 0.6 is 0 Å². The van der Waals surface area contributed by atoms with Crippen molar-refractivity contribution in [3.63, 3.8) is 0 Å². The quantitative estimate of drug-likeness (QED) is 0.0321. The number of hydrogen-bond acceptors (Lipinski definition) is 5. The van der Waals surface area contributed by atoms with E-state index in [2.05, 4.69) is 123 Å². The lowest BCUT2D eigenvalue weighted by Crippen LogP contribution is -2.46. The zero-order valence-electron chi connectivity index (χ0n) is 42.3. The van der Waals surface area contributed by atoms with Gasteiger partial charge in [0, 0.05) is 6.42 Å². The molecule has 1 amide bonds. The molecular weight excluding hydrogens is 803 g/mol. The number of esters is 1. The third-order valence-electron chi connectivity index (χ3n) is 11.7. The number of aliphatic hydroxyl groups excluding tert-OH is 2. The molecule has 65 heavy (non-hydrogen) atoms. The number of carbonyl (C=O) groups is 2. The maximum absolute atomic E-state index is 13.2. The van der Waals surface area contributed by atoms with Crippen LogP contribution in [0.25, 0.3) is 0 Å². The lowest BCUT2D eigenvalue weighted by atomic mass is 10.0. The fourth-order valence-electron chi connectivity index (χ4n) is 7.66. The fourth-order valence-corrected chi connectivity index (χ4v) is 7.66. The number of nitrogens with one attached hydrogen (secondary N) is 1. The van der Waals surface area contributed by atoms with Gasteiger partial charge in [-0.05, 0) is 96.3 Å². The molecule has 0 aliphatic heterocycles. The molecule has 0 aromatic heterocycles. The first-order valence-corrected chi connectivity index (χ1v) is 27.0. The van der Waals surface area contributed by atoms with Crippen LogP contribution in [0.1, 0.15) is 239 Å². The molecule has 0 saturated heterocycles. The number of hydrogen-bond donors (Lipinski definition) is 3. The van der Waals surface area contributed by atoms with Crippen LogP contribution in [-0.4, -0.2) is 46.9 Å². The fraction of sp³-hybridized carbons (Fsp3) is 0.695. The van der Waals surface area contributed by atoms with Crippen LogP contribution in [0.2, 0.25) is 0 Å². The van der Waals surface area contributed by atoms with E-state index in [0.717, 1.165) is 109 Å². The van der Waals surface area contributed by atoms with E-state index >= 15 is 0 Å². The summed E-state index contributed by atoms with van der Waals surface area (Å²) in [7, 11) is 0. The van der Waals surface area contributed by atoms with Gasteiger partial charge in [-0.1, -0.05) is 227 Å². The van der Waals surface area contributed by atoms with Gasteiger partial charge in [0.25, 0.3) is 0 Å². The van der Waals surface area contributed by atoms with E-state index in [-0.39, 0.29) is 24.9 Å². The molecule has 0 saturated carbocycles. The molecular formula is C59H101NO5. The summed E-state index contributed by atoms with van der Waals surface area (Å²) < 4.78 is 5.90. The molecule has 0 aliphatic carbocycles. The molecule has 0 aromatic rings. The van der Waals surface area contributed by atoms with Crippen molar-refractivity contribution >= 4 is 11.9 Å². The normalized spacial score (nSPS) is 14.0. The van der Waals surface area contributed by atoms with Gasteiger partial charge in [-0.3, -0.25) is 9.59 Å². The monoisotopic (exact) mass is 904 g/mol. The number of unbranched alkanes of at least 4 members (excludes halogenated alkanes) is 19. The van der Waals surface area contributed by atoms with Gasteiger partial charge >= 0.3 is 5.97 Å². The Morgan fingerprint density at radius 2 is 0.831 bits per heavy atom. The Labute approximate surface area is 401 Å². The van der Waals surface area contributed by atoms with E-state index in [9.17, 15) is 19.8 Å². The minimum absolute atomic E-state index is 0.0349. The van der Waals surface area contributed by atoms with Crippen molar-refractivity contribution in [2.24, 2.45) is 0 Å². The van der Waals surface area contributed by atoms with Crippen molar-refractivity contribution in [2.75, 3.05) is 6.61 Å². The number of ether oxygens (including phenoxy) is 1. The lowest BCUT2D eigenvalue weighted by Gasteiger charge is -2.24. The lowest BCUT2D eigenvalue weighted by molar-refractivity contribution is -0.151. The van der Waals surface area contributed by atoms with Gasteiger partial charge in [-0.15, -0.1) is 0 Å². The molecule has 6 nitrogen and oxygen atoms in total. The van der Waals surface area contributed by atoms with E-state index in [4.69, 9.17) is 4.74 Å². The summed E-state index contributed by atoms with van der Waals surface area (Å²) in [6, 6.07) is -0.726. The molecule has 0 aromatic carbocycles. The highest BCUT2D eigenvalue weighted by Crippen LogP contribution is 2.17. The Bertz CT molecular complexity index is 1290. The number of allylic oxidation sites excluding steroid dienone is 16. The summed E-state index contributed by atoms with van der Waals surface area (Å²) in [5.41, 5.74) is 0. The molecule has 3 atom stereocenters. The number of aliphatic hydroxyl groups is 2. The summed E-state index contributed by atoms with van der Waals surface area (Å²) in [6.45, 7) is 6.24. The number of amides is 1. The summed E-state index contributed by atoms with van der Waals surface area (Å²) in [4.78, 5) is 26.2. The van der Waals surface area contributed by atoms with E-state index in [1.807, 2.05) is 0 Å². The third-order valence-corrected chi connectivity index (χ3v) is 11.7. The molecule has 372 valence electrons. The third kappa shape index (κ3) is 47.1. The first-order chi connectivity index (χ1) is 32.0. The van der Waals surface area contributed by atoms with Crippen molar-refractivity contribution in [3.05, 3.63) is 97.2 Å². The highest BCUT2D eigenvalue weighted by Gasteiger charge is 2.24. The highest BCUT2D eigenvalue weighted by atomic mass is 16.5. The van der Waals surface area contributed by atoms with Crippen LogP contribution in [0.15, 0.2) is 97.2 Å². The van der Waals surface area contributed by atoms with Gasteiger partial charge in [-0.25, -0.2) is 0 Å². The first kappa shape index (κ1) is 61.8. The SMILES string of the molecule is CC/C=C\C/C=C\C/C=C\C/C=C\C/C=C\CCCC(=O)OC(CCCCCC/C=C/C/C=C/C/C=C/CC)CC(=O)NC(CO)C(O)CCCCCCCCCCCCCCCCC. The van der Waals surface area contributed by atoms with E-state index in [0.29, 0.717) is 25.7 Å². The van der Waals surface area contributed by atoms with Gasteiger partial charge < -0.3 is 20.3 Å². The van der Waals surface area contributed by atoms with Crippen molar-refractivity contribution in [3.8, 4) is 0 Å². The topological polar surface area (TPSA) is 95.9 Å². The van der Waals surface area contributed by atoms with Crippen LogP contribution in [0.3, 0.4) is 0 Å². The number of rotatable bonds is 47. The summed E-state index contributed by atoms with van der Waals surface area (Å²) >= 11 is 0. The predicted octanol–water partition coefficient (Wildman–Crippen LogP) is 16.5. The predicted molar refractivity (Wildman–Crippen MR) is 282 cm³/mol. The van der Waals surface area contributed by atoms with Crippen LogP contribution in [-0.2, 0) is 14.3 Å². The summed E-state index contributed by atoms with van der Waals surface area (Å²) in [5.74, 6) is -0.570. The van der Waals surface area contributed by atoms with Gasteiger partial charge in [0.05, 0.1) is 25.2 Å². The van der Waals surface area contributed by atoms with Crippen LogP contribution < -0.4 is 5.32 Å². The maximum Gasteiger partial charge on any atom is 0.306 e. The second-order valence-electron chi connectivity index (χ2n) is 17.9. The van der Waals surface area contributed by atoms with Gasteiger partial charge in [0.15, 0.2) is 0 Å². The number of carbonyl (C=O) groups excluding carboxylic acids is 2. The highest BCUT2D eigenvalue weighted by molar-refractivity contribution is 5.77. The van der Waals surface area contributed by atoms with Crippen molar-refractivity contribution in [1.29, 1.82) is 0 Å². The average molecular weight is 904 g/mol. The molecule has 0 bridgehead atoms. The molecule has 0 aliphatic rings. The Morgan fingerprint density at radius 3 is 1.26 bits per heavy atom. The molecule has 0 spiro atoms. The van der Waals surface area contributed by atoms with E-state index in [1.54, 1.807) is 0 Å². The first-order valence-electron chi connectivity index (χ1n) is 27.0. The Balaban J connectivity index is 4.69. The zero-order chi connectivity index (χ0) is 47.4. The van der Waals surface area contributed by atoms with Crippen molar-refractivity contribution in [2.45, 2.75) is 257 Å². The second-order valence-corrected chi connectivity index (χ2v) is 17.9. The Hall–Kier alpha value is -3.22. The molecule has 0 radical (unpaired) electrons. The van der Waals surface area contributed by atoms with Gasteiger partial charge in [-0.2, -0.15) is 0 Å². The minimum Gasteiger partial charge on any atom is -0.462 e. The van der Waals surface area contributed by atoms with Gasteiger partial charge in [0.2, 0.25) is 5.91 Å². The van der Waals surface area contributed by atoms with Crippen LogP contribution in [0.5, 0.6) is 0 Å². The Kier molecular flexibility index (Phi) is 49.2. The largest absolute Gasteiger partial charge is 0.462 e. The average Bonchev–Trinajstić information content (AvgIpc) is 3.30. The van der Waals surface area contributed by atoms with Crippen LogP contribution in [0.4, 0.5) is 0 Å². The molecule has 0 rings (SSSR count). The molecule has 0 fully saturated rings. The molecule has 0 heterocycles. The molecule has 3 unspecified atom stereocenters. The molecule has 3 N–H and O–H groups in total. The smallest absolute Gasteiger partial charge is 0.306 e. The van der Waals surface area contributed by atoms with E-state index in [1.165, 1.54) is 77.0 Å². The standard InChI is InChI=1S/C59H101NO5/c1-4-7-10-13-16-19-22-25-28-29-31-34-37-40-43-46-49-52-59(64)65-55(50-47-44-41-38-35-32-27-24-21-18-15-12-9-6-3)53-58(63)60-56(54-61)57(62)51-48-45-42-39-36-33-30-26-23-20-17-14-11-8-5-2/h7,9-10,12,16,18-19,21,25,27-28,31-32,34,40,43,55-57,61-62H,4-6,8,11,13-15,17,20,22-24,26,29-30,33,35-39,41-42,44-54H2,1-3H3,(H,60,63)/b10-7-,12-9+,19-16-,21-18+,28-25-,32-27+,34-31-,43-40-. The second kappa shape index (κ2) is 51.8. The van der Waals surface area contributed by atoms with Crippen LogP contribution in [0, 0.1) is 0 Å². The van der Waals surface area contributed by atoms with Crippen molar-refractivity contribution < 1.29 is 24.5 Å². The van der Waals surface area contributed by atoms with E-state index < -0.39 is 18.2 Å². The zero-order valence-corrected chi connectivity index (χ0v) is 42.3.